The Morgan fingerprint density at radius 2 is 1.42 bits per heavy atom. The van der Waals surface area contributed by atoms with Gasteiger partial charge in [0.05, 0.1) is 0 Å². The van der Waals surface area contributed by atoms with Gasteiger partial charge in [0.15, 0.2) is 0 Å². The van der Waals surface area contributed by atoms with E-state index in [1.807, 2.05) is 0 Å². The summed E-state index contributed by atoms with van der Waals surface area (Å²) >= 11 is -0.717. The average Bonchev–Trinajstić information content (AvgIpc) is 1.84. The van der Waals surface area contributed by atoms with Crippen molar-refractivity contribution in [3.63, 3.8) is 0 Å². The molecule has 0 bridgehead atoms. The van der Waals surface area contributed by atoms with Crippen LogP contribution in [-0.2, 0) is 3.07 Å². The van der Waals surface area contributed by atoms with Crippen molar-refractivity contribution in [2.24, 2.45) is 11.8 Å². The Hall–Kier alpha value is 0.719. The number of hydrogen-bond acceptors (Lipinski definition) is 2. The van der Waals surface area contributed by atoms with Crippen molar-refractivity contribution >= 4 is 21.8 Å². The molecule has 0 fully saturated rings. The maximum absolute atomic E-state index is 5.92. The van der Waals surface area contributed by atoms with Crippen LogP contribution in [0.3, 0.4) is 0 Å². The number of rotatable bonds is 5. The first-order valence-electron chi connectivity index (χ1n) is 4.53. The van der Waals surface area contributed by atoms with E-state index in [2.05, 4.69) is 44.9 Å². The van der Waals surface area contributed by atoms with Crippen molar-refractivity contribution < 1.29 is 3.07 Å². The molecular formula is C9H21NOSn. The fraction of sp³-hybridized carbons (Fsp3) is 1.00. The molecule has 0 N–H and O–H groups in total. The normalized spacial score (nSPS) is 12.5. The summed E-state index contributed by atoms with van der Waals surface area (Å²) in [5.41, 5.74) is 0. The van der Waals surface area contributed by atoms with Crippen molar-refractivity contribution in [2.45, 2.75) is 33.8 Å². The van der Waals surface area contributed by atoms with Gasteiger partial charge in [0.1, 0.15) is 0 Å². The molecule has 0 aliphatic rings. The fourth-order valence-corrected chi connectivity index (χ4v) is 3.71. The summed E-state index contributed by atoms with van der Waals surface area (Å²) in [6.45, 7) is 8.94. The van der Waals surface area contributed by atoms with E-state index in [1.165, 1.54) is 0 Å². The minimum atomic E-state index is -0.717. The Morgan fingerprint density at radius 1 is 1.00 bits per heavy atom. The molecule has 0 atom stereocenters. The molecule has 0 aromatic carbocycles. The second-order valence-electron chi connectivity index (χ2n) is 4.06. The molecule has 0 aliphatic heterocycles. The van der Waals surface area contributed by atoms with Gasteiger partial charge < -0.3 is 0 Å². The summed E-state index contributed by atoms with van der Waals surface area (Å²) in [7, 11) is 4.20. The van der Waals surface area contributed by atoms with E-state index in [9.17, 15) is 0 Å². The Kier molecular flexibility index (Phi) is 6.59. The third-order valence-electron chi connectivity index (χ3n) is 1.69. The Morgan fingerprint density at radius 3 is 1.67 bits per heavy atom. The summed E-state index contributed by atoms with van der Waals surface area (Å²) in [6.07, 6.45) is 0.457. The molecule has 2 radical (unpaired) electrons. The van der Waals surface area contributed by atoms with Crippen LogP contribution >= 0.6 is 0 Å². The van der Waals surface area contributed by atoms with Crippen LogP contribution in [0.2, 0.25) is 0 Å². The van der Waals surface area contributed by atoms with E-state index in [4.69, 9.17) is 3.07 Å². The minimum absolute atomic E-state index is 0.457. The molecule has 0 saturated heterocycles. The second-order valence-corrected chi connectivity index (χ2v) is 7.80. The summed E-state index contributed by atoms with van der Waals surface area (Å²) in [5.74, 6) is 1.29. The molecule has 0 amide bonds. The van der Waals surface area contributed by atoms with Crippen LogP contribution in [-0.4, -0.2) is 45.2 Å². The van der Waals surface area contributed by atoms with Gasteiger partial charge in [0.2, 0.25) is 0 Å². The van der Waals surface area contributed by atoms with Gasteiger partial charge in [0, 0.05) is 0 Å². The van der Waals surface area contributed by atoms with E-state index < -0.39 is 21.8 Å². The zero-order valence-corrected chi connectivity index (χ0v) is 11.9. The molecule has 2 nitrogen and oxygen atoms in total. The van der Waals surface area contributed by atoms with Crippen molar-refractivity contribution in [3.8, 4) is 0 Å². The molecule has 0 saturated carbocycles. The Balaban J connectivity index is 3.80. The quantitative estimate of drug-likeness (QED) is 0.711. The SMILES string of the molecule is CC(C)C([O][Sn][N](C)C)C(C)C. The predicted octanol–water partition coefficient (Wildman–Crippen LogP) is 1.78. The van der Waals surface area contributed by atoms with Gasteiger partial charge in [-0.15, -0.1) is 0 Å². The Bertz CT molecular complexity index is 107. The molecule has 72 valence electrons. The maximum atomic E-state index is 5.92. The van der Waals surface area contributed by atoms with Crippen LogP contribution in [0, 0.1) is 11.8 Å². The monoisotopic (exact) mass is 279 g/mol. The topological polar surface area (TPSA) is 12.5 Å². The molecule has 0 aliphatic carbocycles. The fourth-order valence-electron chi connectivity index (χ4n) is 1.21. The first-order chi connectivity index (χ1) is 5.45. The summed E-state index contributed by atoms with van der Waals surface area (Å²) < 4.78 is 8.15. The van der Waals surface area contributed by atoms with Gasteiger partial charge in [-0.05, 0) is 0 Å². The first kappa shape index (κ1) is 12.7. The average molecular weight is 278 g/mol. The first-order valence-corrected chi connectivity index (χ1v) is 6.98. The summed E-state index contributed by atoms with van der Waals surface area (Å²) in [6, 6.07) is 0. The van der Waals surface area contributed by atoms with Crippen molar-refractivity contribution in [1.29, 1.82) is 0 Å². The van der Waals surface area contributed by atoms with E-state index in [-0.39, 0.29) is 0 Å². The zero-order chi connectivity index (χ0) is 9.72. The van der Waals surface area contributed by atoms with Gasteiger partial charge in [-0.25, -0.2) is 0 Å². The molecule has 0 rings (SSSR count). The third-order valence-corrected chi connectivity index (χ3v) is 3.81. The van der Waals surface area contributed by atoms with E-state index in [0.29, 0.717) is 17.9 Å². The van der Waals surface area contributed by atoms with Crippen LogP contribution < -0.4 is 0 Å². The molecule has 0 spiro atoms. The van der Waals surface area contributed by atoms with Gasteiger partial charge in [-0.2, -0.15) is 0 Å². The molecule has 0 heterocycles. The van der Waals surface area contributed by atoms with Crippen LogP contribution in [0.25, 0.3) is 0 Å². The second kappa shape index (κ2) is 6.21. The molecule has 0 unspecified atom stereocenters. The van der Waals surface area contributed by atoms with Gasteiger partial charge in [-0.1, -0.05) is 0 Å². The molecule has 0 aromatic rings. The number of nitrogens with zero attached hydrogens (tertiary/aromatic N) is 1. The van der Waals surface area contributed by atoms with E-state index in [0.717, 1.165) is 0 Å². The zero-order valence-electron chi connectivity index (χ0n) is 9.09. The van der Waals surface area contributed by atoms with Crippen molar-refractivity contribution in [2.75, 3.05) is 14.1 Å². The summed E-state index contributed by atoms with van der Waals surface area (Å²) in [5, 5.41) is 0. The van der Waals surface area contributed by atoms with E-state index >= 15 is 0 Å². The Labute approximate surface area is 87.8 Å². The van der Waals surface area contributed by atoms with E-state index in [1.54, 1.807) is 0 Å². The van der Waals surface area contributed by atoms with Gasteiger partial charge in [-0.3, -0.25) is 0 Å². The van der Waals surface area contributed by atoms with Crippen LogP contribution in [0.5, 0.6) is 0 Å². The van der Waals surface area contributed by atoms with Crippen LogP contribution in [0.1, 0.15) is 27.7 Å². The van der Waals surface area contributed by atoms with Crippen molar-refractivity contribution in [3.05, 3.63) is 0 Å². The standard InChI is InChI=1S/C7H15O.C2H6N.Sn/c1-5(2)7(8)6(3)4;1-3-2;/h5-7H,1-4H3;1-2H3;/q2*-1;+2. The molecular weight excluding hydrogens is 257 g/mol. The van der Waals surface area contributed by atoms with Crippen LogP contribution in [0.15, 0.2) is 0 Å². The van der Waals surface area contributed by atoms with Gasteiger partial charge >= 0.3 is 87.8 Å². The summed E-state index contributed by atoms with van der Waals surface area (Å²) in [4.78, 5) is 0. The predicted molar refractivity (Wildman–Crippen MR) is 54.0 cm³/mol. The number of hydrogen-bond donors (Lipinski definition) is 0. The van der Waals surface area contributed by atoms with Gasteiger partial charge in [0.25, 0.3) is 0 Å². The van der Waals surface area contributed by atoms with Crippen molar-refractivity contribution in [1.82, 2.24) is 3.12 Å². The molecule has 12 heavy (non-hydrogen) atoms. The third kappa shape index (κ3) is 5.38. The molecule has 3 heteroatoms. The van der Waals surface area contributed by atoms with Crippen LogP contribution in [0.4, 0.5) is 0 Å². The molecule has 0 aromatic heterocycles.